The fourth-order valence-corrected chi connectivity index (χ4v) is 4.35. The van der Waals surface area contributed by atoms with Gasteiger partial charge < -0.3 is 25.2 Å². The number of hydrogen-bond acceptors (Lipinski definition) is 8. The summed E-state index contributed by atoms with van der Waals surface area (Å²) in [5, 5.41) is 6.73. The second-order valence-electron chi connectivity index (χ2n) is 9.91. The monoisotopic (exact) mass is 505 g/mol. The van der Waals surface area contributed by atoms with Gasteiger partial charge in [0.05, 0.1) is 0 Å². The minimum absolute atomic E-state index is 0.121. The molecule has 2 aromatic carbocycles. The lowest BCUT2D eigenvalue weighted by Crippen LogP contribution is -2.48. The van der Waals surface area contributed by atoms with Gasteiger partial charge in [-0.1, -0.05) is 6.07 Å². The number of nitrogens with zero attached hydrogens (tertiary/aromatic N) is 4. The van der Waals surface area contributed by atoms with Crippen molar-refractivity contribution in [2.24, 2.45) is 0 Å². The van der Waals surface area contributed by atoms with Crippen molar-refractivity contribution in [1.82, 2.24) is 14.9 Å². The van der Waals surface area contributed by atoms with Crippen molar-refractivity contribution in [3.8, 4) is 0 Å². The van der Waals surface area contributed by atoms with Crippen LogP contribution in [0.2, 0.25) is 0 Å². The highest BCUT2D eigenvalue weighted by Gasteiger charge is 2.18. The number of aromatic nitrogens is 2. The molecule has 0 saturated carbocycles. The van der Waals surface area contributed by atoms with Gasteiger partial charge in [-0.15, -0.1) is 0 Å². The summed E-state index contributed by atoms with van der Waals surface area (Å²) in [6.45, 7) is 13.4. The Morgan fingerprint density at radius 1 is 0.944 bits per heavy atom. The van der Waals surface area contributed by atoms with Gasteiger partial charge in [-0.25, -0.2) is 4.98 Å². The number of amides is 1. The molecule has 0 aliphatic carbocycles. The molecule has 1 aliphatic rings. The number of aryl methyl sites for hydroxylation is 1. The molecular formula is C27H35N7OS. The summed E-state index contributed by atoms with van der Waals surface area (Å²) < 4.78 is 3.54. The van der Waals surface area contributed by atoms with Crippen LogP contribution in [0.5, 0.6) is 0 Å². The number of piperazine rings is 1. The normalized spacial score (nSPS) is 13.9. The van der Waals surface area contributed by atoms with Crippen molar-refractivity contribution >= 4 is 52.4 Å². The SMILES string of the molecule is CC(=O)N1CCN(c2ccc(Nc3ncc(C)c(Nc4cccc(NSC(C)(C)C)c4)n3)cc2)CC1. The summed E-state index contributed by atoms with van der Waals surface area (Å²) in [5.74, 6) is 1.43. The average Bonchev–Trinajstić information content (AvgIpc) is 2.85. The van der Waals surface area contributed by atoms with Crippen LogP contribution in [0.15, 0.2) is 54.7 Å². The van der Waals surface area contributed by atoms with Crippen LogP contribution in [-0.2, 0) is 4.79 Å². The molecule has 8 nitrogen and oxygen atoms in total. The number of carbonyl (C=O) groups excluding carboxylic acids is 1. The third kappa shape index (κ3) is 7.04. The molecule has 36 heavy (non-hydrogen) atoms. The van der Waals surface area contributed by atoms with Gasteiger partial charge in [-0.3, -0.25) is 4.79 Å². The predicted octanol–water partition coefficient (Wildman–Crippen LogP) is 5.80. The number of anilines is 6. The number of nitrogens with one attached hydrogen (secondary N) is 3. The van der Waals surface area contributed by atoms with E-state index in [0.717, 1.165) is 60.3 Å². The van der Waals surface area contributed by atoms with Crippen molar-refractivity contribution in [3.05, 3.63) is 60.3 Å². The molecule has 4 rings (SSSR count). The summed E-state index contributed by atoms with van der Waals surface area (Å²) in [7, 11) is 0. The molecule has 0 bridgehead atoms. The number of rotatable bonds is 7. The van der Waals surface area contributed by atoms with E-state index in [-0.39, 0.29) is 10.7 Å². The van der Waals surface area contributed by atoms with Gasteiger partial charge in [0.15, 0.2) is 0 Å². The zero-order valence-electron chi connectivity index (χ0n) is 21.6. The highest BCUT2D eigenvalue weighted by atomic mass is 32.2. The number of carbonyl (C=O) groups is 1. The Balaban J connectivity index is 1.39. The van der Waals surface area contributed by atoms with E-state index in [0.29, 0.717) is 5.95 Å². The highest BCUT2D eigenvalue weighted by Crippen LogP contribution is 2.28. The molecule has 1 saturated heterocycles. The summed E-state index contributed by atoms with van der Waals surface area (Å²) >= 11 is 1.69. The van der Waals surface area contributed by atoms with Gasteiger partial charge in [0.25, 0.3) is 0 Å². The Morgan fingerprint density at radius 3 is 2.31 bits per heavy atom. The van der Waals surface area contributed by atoms with Crippen molar-refractivity contribution in [1.29, 1.82) is 0 Å². The highest BCUT2D eigenvalue weighted by molar-refractivity contribution is 8.01. The van der Waals surface area contributed by atoms with E-state index in [9.17, 15) is 4.79 Å². The van der Waals surface area contributed by atoms with Crippen LogP contribution in [0.1, 0.15) is 33.3 Å². The van der Waals surface area contributed by atoms with Gasteiger partial charge in [-0.05, 0) is 82.1 Å². The molecule has 2 heterocycles. The first kappa shape index (κ1) is 25.6. The zero-order chi connectivity index (χ0) is 25.7. The average molecular weight is 506 g/mol. The maximum Gasteiger partial charge on any atom is 0.229 e. The maximum atomic E-state index is 11.6. The second kappa shape index (κ2) is 11.1. The predicted molar refractivity (Wildman–Crippen MR) is 152 cm³/mol. The Morgan fingerprint density at radius 2 is 1.64 bits per heavy atom. The first-order valence-electron chi connectivity index (χ1n) is 12.2. The molecule has 0 radical (unpaired) electrons. The van der Waals surface area contributed by atoms with Gasteiger partial charge in [0, 0.05) is 72.4 Å². The lowest BCUT2D eigenvalue weighted by Gasteiger charge is -2.35. The molecule has 9 heteroatoms. The minimum atomic E-state index is 0.121. The molecule has 190 valence electrons. The largest absolute Gasteiger partial charge is 0.368 e. The molecule has 1 aliphatic heterocycles. The summed E-state index contributed by atoms with van der Waals surface area (Å²) in [4.78, 5) is 24.9. The molecule has 1 aromatic heterocycles. The molecule has 0 spiro atoms. The van der Waals surface area contributed by atoms with Crippen molar-refractivity contribution in [2.75, 3.05) is 46.4 Å². The van der Waals surface area contributed by atoms with Crippen LogP contribution in [0.4, 0.5) is 34.5 Å². The first-order chi connectivity index (χ1) is 17.2. The first-order valence-corrected chi connectivity index (χ1v) is 13.0. The minimum Gasteiger partial charge on any atom is -0.368 e. The fourth-order valence-electron chi connectivity index (χ4n) is 3.80. The van der Waals surface area contributed by atoms with E-state index in [1.54, 1.807) is 18.9 Å². The molecule has 0 atom stereocenters. The van der Waals surface area contributed by atoms with Crippen LogP contribution in [0.3, 0.4) is 0 Å². The van der Waals surface area contributed by atoms with E-state index >= 15 is 0 Å². The van der Waals surface area contributed by atoms with Gasteiger partial charge in [-0.2, -0.15) is 4.98 Å². The smallest absolute Gasteiger partial charge is 0.229 e. The Bertz CT molecular complexity index is 1190. The molecule has 1 amide bonds. The van der Waals surface area contributed by atoms with E-state index in [1.807, 2.05) is 42.3 Å². The van der Waals surface area contributed by atoms with Gasteiger partial charge >= 0.3 is 0 Å². The van der Waals surface area contributed by atoms with E-state index in [1.165, 1.54) is 0 Å². The third-order valence-corrected chi connectivity index (χ3v) is 6.74. The van der Waals surface area contributed by atoms with Crippen molar-refractivity contribution in [3.63, 3.8) is 0 Å². The summed E-state index contributed by atoms with van der Waals surface area (Å²) in [6, 6.07) is 16.4. The van der Waals surface area contributed by atoms with Crippen molar-refractivity contribution < 1.29 is 4.79 Å². The van der Waals surface area contributed by atoms with Crippen LogP contribution in [-0.4, -0.2) is 51.7 Å². The Kier molecular flexibility index (Phi) is 7.88. The Hall–Kier alpha value is -3.46. The molecule has 3 aromatic rings. The molecular weight excluding hydrogens is 470 g/mol. The quantitative estimate of drug-likeness (QED) is 0.348. The van der Waals surface area contributed by atoms with E-state index in [4.69, 9.17) is 4.98 Å². The molecule has 0 unspecified atom stereocenters. The Labute approximate surface area is 218 Å². The van der Waals surface area contributed by atoms with Crippen LogP contribution in [0.25, 0.3) is 0 Å². The van der Waals surface area contributed by atoms with E-state index < -0.39 is 0 Å². The van der Waals surface area contributed by atoms with Crippen molar-refractivity contribution in [2.45, 2.75) is 39.4 Å². The fraction of sp³-hybridized carbons (Fsp3) is 0.370. The molecule has 3 N–H and O–H groups in total. The third-order valence-electron chi connectivity index (χ3n) is 5.79. The van der Waals surface area contributed by atoms with Crippen LogP contribution < -0.4 is 20.3 Å². The number of hydrogen-bond donors (Lipinski definition) is 3. The maximum absolute atomic E-state index is 11.6. The van der Waals surface area contributed by atoms with Gasteiger partial charge in [0.1, 0.15) is 5.82 Å². The van der Waals surface area contributed by atoms with Crippen LogP contribution in [0, 0.1) is 6.92 Å². The lowest BCUT2D eigenvalue weighted by atomic mass is 10.2. The topological polar surface area (TPSA) is 85.4 Å². The summed E-state index contributed by atoms with van der Waals surface area (Å²) in [5.41, 5.74) is 5.02. The standard InChI is InChI=1S/C27H35N7OS/c1-19-18-28-26(31-25(19)29-22-7-6-8-23(17-22)32-36-27(3,4)5)30-21-9-11-24(12-10-21)34-15-13-33(14-16-34)20(2)35/h6-12,17-18,32H,13-16H2,1-5H3,(H2,28,29,30,31). The summed E-state index contributed by atoms with van der Waals surface area (Å²) in [6.07, 6.45) is 1.82. The van der Waals surface area contributed by atoms with E-state index in [2.05, 4.69) is 70.3 Å². The van der Waals surface area contributed by atoms with Gasteiger partial charge in [0.2, 0.25) is 11.9 Å². The lowest BCUT2D eigenvalue weighted by molar-refractivity contribution is -0.129. The second-order valence-corrected chi connectivity index (χ2v) is 11.5. The zero-order valence-corrected chi connectivity index (χ0v) is 22.4. The number of benzene rings is 2. The van der Waals surface area contributed by atoms with Crippen LogP contribution >= 0.6 is 11.9 Å². The molecule has 1 fully saturated rings.